The molecule has 1 heterocycles. The Morgan fingerprint density at radius 3 is 2.36 bits per heavy atom. The van der Waals surface area contributed by atoms with E-state index in [9.17, 15) is 4.79 Å². The van der Waals surface area contributed by atoms with Gasteiger partial charge in [-0.1, -0.05) is 60.6 Å². The molecule has 0 aliphatic carbocycles. The van der Waals surface area contributed by atoms with Crippen molar-refractivity contribution in [2.45, 2.75) is 32.7 Å². The average Bonchev–Trinajstić information content (AvgIpc) is 3.15. The highest BCUT2D eigenvalue weighted by Gasteiger charge is 2.12. The van der Waals surface area contributed by atoms with E-state index in [0.29, 0.717) is 36.7 Å². The lowest BCUT2D eigenvalue weighted by atomic mass is 10.0. The molecule has 1 aromatic heterocycles. The van der Waals surface area contributed by atoms with Crippen molar-refractivity contribution in [1.82, 2.24) is 10.1 Å². The fourth-order valence-electron chi connectivity index (χ4n) is 2.55. The Bertz CT molecular complexity index is 836. The number of aryl methyl sites for hydroxylation is 2. The van der Waals surface area contributed by atoms with E-state index in [0.717, 1.165) is 17.5 Å². The summed E-state index contributed by atoms with van der Waals surface area (Å²) in [6.45, 7) is 2.59. The van der Waals surface area contributed by atoms with Crippen molar-refractivity contribution in [1.29, 1.82) is 0 Å². The van der Waals surface area contributed by atoms with Gasteiger partial charge in [-0.3, -0.25) is 4.79 Å². The minimum Gasteiger partial charge on any atom is -0.339 e. The zero-order valence-corrected chi connectivity index (χ0v) is 14.2. The van der Waals surface area contributed by atoms with E-state index in [1.165, 1.54) is 5.56 Å². The third-order valence-electron chi connectivity index (χ3n) is 4.17. The maximum atomic E-state index is 12.3. The van der Waals surface area contributed by atoms with E-state index in [1.54, 1.807) is 0 Å². The SMILES string of the molecule is CCc1ccc(C(=O)CCc2nc(-c3ccc(CN)cc3)no2)cc1. The van der Waals surface area contributed by atoms with Gasteiger partial charge in [0.1, 0.15) is 0 Å². The minimum absolute atomic E-state index is 0.0784. The number of Topliss-reactive ketones (excluding diaryl/α,β-unsaturated/α-hetero) is 1. The molecule has 128 valence electrons. The number of carbonyl (C=O) groups is 1. The molecule has 25 heavy (non-hydrogen) atoms. The highest BCUT2D eigenvalue weighted by molar-refractivity contribution is 5.96. The molecule has 0 amide bonds. The number of hydrogen-bond donors (Lipinski definition) is 1. The van der Waals surface area contributed by atoms with Gasteiger partial charge in [-0.2, -0.15) is 4.98 Å². The van der Waals surface area contributed by atoms with Crippen molar-refractivity contribution in [3.05, 3.63) is 71.1 Å². The van der Waals surface area contributed by atoms with Gasteiger partial charge in [0.2, 0.25) is 11.7 Å². The molecule has 0 atom stereocenters. The van der Waals surface area contributed by atoms with Crippen LogP contribution in [0.1, 0.15) is 40.7 Å². The molecule has 0 saturated heterocycles. The van der Waals surface area contributed by atoms with Crippen LogP contribution >= 0.6 is 0 Å². The second-order valence-electron chi connectivity index (χ2n) is 5.89. The second kappa shape index (κ2) is 7.85. The first-order valence-electron chi connectivity index (χ1n) is 8.43. The fourth-order valence-corrected chi connectivity index (χ4v) is 2.55. The molecular weight excluding hydrogens is 314 g/mol. The van der Waals surface area contributed by atoms with Gasteiger partial charge in [0.15, 0.2) is 5.78 Å². The molecule has 0 saturated carbocycles. The molecule has 0 bridgehead atoms. The highest BCUT2D eigenvalue weighted by atomic mass is 16.5. The summed E-state index contributed by atoms with van der Waals surface area (Å²) >= 11 is 0. The molecule has 3 rings (SSSR count). The van der Waals surface area contributed by atoms with Crippen LogP contribution in [0.25, 0.3) is 11.4 Å². The van der Waals surface area contributed by atoms with Gasteiger partial charge in [0.25, 0.3) is 0 Å². The third kappa shape index (κ3) is 4.19. The number of carbonyl (C=O) groups excluding carboxylic acids is 1. The molecule has 0 fully saturated rings. The number of nitrogens with zero attached hydrogens (tertiary/aromatic N) is 2. The Morgan fingerprint density at radius 1 is 1.04 bits per heavy atom. The Morgan fingerprint density at radius 2 is 1.72 bits per heavy atom. The summed E-state index contributed by atoms with van der Waals surface area (Å²) in [7, 11) is 0. The fraction of sp³-hybridized carbons (Fsp3) is 0.250. The van der Waals surface area contributed by atoms with Gasteiger partial charge in [-0.15, -0.1) is 0 Å². The number of ketones is 1. The summed E-state index contributed by atoms with van der Waals surface area (Å²) in [6, 6.07) is 15.4. The minimum atomic E-state index is 0.0784. The van der Waals surface area contributed by atoms with Crippen molar-refractivity contribution in [2.75, 3.05) is 0 Å². The van der Waals surface area contributed by atoms with E-state index in [-0.39, 0.29) is 5.78 Å². The summed E-state index contributed by atoms with van der Waals surface area (Å²) < 4.78 is 5.26. The van der Waals surface area contributed by atoms with Crippen LogP contribution in [0, 0.1) is 0 Å². The first-order valence-corrected chi connectivity index (χ1v) is 8.43. The molecule has 0 spiro atoms. The largest absolute Gasteiger partial charge is 0.339 e. The maximum absolute atomic E-state index is 12.3. The lowest BCUT2D eigenvalue weighted by Gasteiger charge is -2.01. The second-order valence-corrected chi connectivity index (χ2v) is 5.89. The molecule has 0 aliphatic rings. The summed E-state index contributed by atoms with van der Waals surface area (Å²) in [5.74, 6) is 1.07. The normalized spacial score (nSPS) is 10.8. The lowest BCUT2D eigenvalue weighted by Crippen LogP contribution is -2.01. The first kappa shape index (κ1) is 17.0. The van der Waals surface area contributed by atoms with Crippen LogP contribution in [-0.4, -0.2) is 15.9 Å². The van der Waals surface area contributed by atoms with Gasteiger partial charge in [0, 0.05) is 30.5 Å². The van der Waals surface area contributed by atoms with E-state index in [4.69, 9.17) is 10.3 Å². The van der Waals surface area contributed by atoms with Crippen molar-refractivity contribution in [2.24, 2.45) is 5.73 Å². The van der Waals surface area contributed by atoms with Gasteiger partial charge < -0.3 is 10.3 Å². The number of rotatable bonds is 7. The molecule has 2 aromatic carbocycles. The van der Waals surface area contributed by atoms with E-state index >= 15 is 0 Å². The van der Waals surface area contributed by atoms with Crippen LogP contribution < -0.4 is 5.73 Å². The number of hydrogen-bond acceptors (Lipinski definition) is 5. The van der Waals surface area contributed by atoms with E-state index in [1.807, 2.05) is 48.5 Å². The Balaban J connectivity index is 1.61. The topological polar surface area (TPSA) is 82.0 Å². The van der Waals surface area contributed by atoms with Gasteiger partial charge >= 0.3 is 0 Å². The summed E-state index contributed by atoms with van der Waals surface area (Å²) in [6.07, 6.45) is 1.74. The third-order valence-corrected chi connectivity index (χ3v) is 4.17. The lowest BCUT2D eigenvalue weighted by molar-refractivity contribution is 0.0979. The molecule has 3 aromatic rings. The van der Waals surface area contributed by atoms with Crippen molar-refractivity contribution >= 4 is 5.78 Å². The van der Waals surface area contributed by atoms with Gasteiger partial charge in [-0.25, -0.2) is 0 Å². The molecule has 5 nitrogen and oxygen atoms in total. The first-order chi connectivity index (χ1) is 12.2. The van der Waals surface area contributed by atoms with Crippen molar-refractivity contribution in [3.63, 3.8) is 0 Å². The van der Waals surface area contributed by atoms with Crippen LogP contribution in [0.3, 0.4) is 0 Å². The van der Waals surface area contributed by atoms with Crippen molar-refractivity contribution in [3.8, 4) is 11.4 Å². The number of benzene rings is 2. The smallest absolute Gasteiger partial charge is 0.227 e. The Hall–Kier alpha value is -2.79. The van der Waals surface area contributed by atoms with Crippen molar-refractivity contribution < 1.29 is 9.32 Å². The summed E-state index contributed by atoms with van der Waals surface area (Å²) in [5.41, 5.74) is 9.45. The molecule has 2 N–H and O–H groups in total. The average molecular weight is 335 g/mol. The predicted octanol–water partition coefficient (Wildman–Crippen LogP) is 3.57. The molecule has 0 aliphatic heterocycles. The zero-order chi connectivity index (χ0) is 17.6. The maximum Gasteiger partial charge on any atom is 0.227 e. The van der Waals surface area contributed by atoms with Gasteiger partial charge in [0.05, 0.1) is 0 Å². The molecule has 0 unspecified atom stereocenters. The van der Waals surface area contributed by atoms with Crippen LogP contribution in [-0.2, 0) is 19.4 Å². The van der Waals surface area contributed by atoms with Crippen LogP contribution in [0.5, 0.6) is 0 Å². The molecule has 5 heteroatoms. The van der Waals surface area contributed by atoms with E-state index in [2.05, 4.69) is 17.1 Å². The highest BCUT2D eigenvalue weighted by Crippen LogP contribution is 2.17. The summed E-state index contributed by atoms with van der Waals surface area (Å²) in [4.78, 5) is 16.6. The Labute approximate surface area is 146 Å². The molecule has 0 radical (unpaired) electrons. The standard InChI is InChI=1S/C20H21N3O2/c1-2-14-3-7-16(8-4-14)18(24)11-12-19-22-20(23-25-19)17-9-5-15(13-21)6-10-17/h3-10H,2,11-13,21H2,1H3. The number of nitrogens with two attached hydrogens (primary N) is 1. The molecular formula is C20H21N3O2. The number of aromatic nitrogens is 2. The zero-order valence-electron chi connectivity index (χ0n) is 14.2. The van der Waals surface area contributed by atoms with Crippen LogP contribution in [0.4, 0.5) is 0 Å². The van der Waals surface area contributed by atoms with Crippen LogP contribution in [0.15, 0.2) is 53.1 Å². The van der Waals surface area contributed by atoms with E-state index < -0.39 is 0 Å². The quantitative estimate of drug-likeness (QED) is 0.667. The van der Waals surface area contributed by atoms with Crippen LogP contribution in [0.2, 0.25) is 0 Å². The summed E-state index contributed by atoms with van der Waals surface area (Å²) in [5, 5.41) is 3.99. The Kier molecular flexibility index (Phi) is 5.36. The predicted molar refractivity (Wildman–Crippen MR) is 96.1 cm³/mol. The monoisotopic (exact) mass is 335 g/mol. The van der Waals surface area contributed by atoms with Gasteiger partial charge in [-0.05, 0) is 17.5 Å².